The number of hydrogen-bond acceptors (Lipinski definition) is 3. The Morgan fingerprint density at radius 2 is 2.05 bits per heavy atom. The van der Waals surface area contributed by atoms with E-state index in [1.54, 1.807) is 0 Å². The van der Waals surface area contributed by atoms with Gasteiger partial charge in [-0.05, 0) is 32.0 Å². The summed E-state index contributed by atoms with van der Waals surface area (Å²) in [5.41, 5.74) is 0.843. The first-order chi connectivity index (χ1) is 9.43. The van der Waals surface area contributed by atoms with E-state index in [1.807, 2.05) is 49.9 Å². The molecule has 5 heteroatoms. The third-order valence-corrected chi connectivity index (χ3v) is 3.68. The third-order valence-electron chi connectivity index (χ3n) is 2.96. The molecule has 0 aromatic heterocycles. The summed E-state index contributed by atoms with van der Waals surface area (Å²) in [4.78, 5) is 13.7. The molecule has 0 saturated heterocycles. The van der Waals surface area contributed by atoms with E-state index in [1.165, 1.54) is 0 Å². The average Bonchev–Trinajstić information content (AvgIpc) is 2.37. The van der Waals surface area contributed by atoms with Crippen molar-refractivity contribution in [2.24, 2.45) is 0 Å². The maximum atomic E-state index is 11.8. The fourth-order valence-corrected chi connectivity index (χ4v) is 2.51. The molecule has 0 aliphatic heterocycles. The van der Waals surface area contributed by atoms with Crippen LogP contribution in [0.5, 0.6) is 0 Å². The lowest BCUT2D eigenvalue weighted by atomic mass is 10.1. The zero-order valence-electron chi connectivity index (χ0n) is 12.3. The van der Waals surface area contributed by atoms with Gasteiger partial charge in [-0.1, -0.05) is 41.1 Å². The quantitative estimate of drug-likeness (QED) is 0.799. The molecule has 1 unspecified atom stereocenters. The Hall–Kier alpha value is -0.910. The lowest BCUT2D eigenvalue weighted by molar-refractivity contribution is -0.123. The van der Waals surface area contributed by atoms with Crippen LogP contribution in [0.2, 0.25) is 0 Å². The highest BCUT2D eigenvalue weighted by atomic mass is 79.9. The Balaban J connectivity index is 2.60. The van der Waals surface area contributed by atoms with Crippen molar-refractivity contribution < 1.29 is 9.90 Å². The third kappa shape index (κ3) is 5.61. The summed E-state index contributed by atoms with van der Waals surface area (Å²) in [6.07, 6.45) is -0.614. The lowest BCUT2D eigenvalue weighted by Crippen LogP contribution is -2.41. The van der Waals surface area contributed by atoms with Crippen LogP contribution in [-0.2, 0) is 4.79 Å². The van der Waals surface area contributed by atoms with Gasteiger partial charge in [-0.25, -0.2) is 0 Å². The number of hydrogen-bond donors (Lipinski definition) is 2. The van der Waals surface area contributed by atoms with Crippen LogP contribution >= 0.6 is 15.9 Å². The molecular weight excluding hydrogens is 320 g/mol. The van der Waals surface area contributed by atoms with E-state index >= 15 is 0 Å². The minimum Gasteiger partial charge on any atom is -0.387 e. The summed E-state index contributed by atoms with van der Waals surface area (Å²) < 4.78 is 0.884. The maximum Gasteiger partial charge on any atom is 0.234 e. The molecule has 0 spiro atoms. The molecule has 0 aliphatic carbocycles. The second-order valence-electron chi connectivity index (χ2n) is 5.09. The molecule has 1 amide bonds. The monoisotopic (exact) mass is 342 g/mol. The standard InChI is InChI=1S/C15H23BrN2O2/c1-4-18(10-15(20)17-11(2)3)9-14(19)12-7-5-6-8-13(12)16/h5-8,11,14,19H,4,9-10H2,1-3H3,(H,17,20). The molecule has 1 atom stereocenters. The number of carbonyl (C=O) groups excluding carboxylic acids is 1. The fourth-order valence-electron chi connectivity index (χ4n) is 1.96. The van der Waals surface area contributed by atoms with E-state index in [0.717, 1.165) is 10.0 Å². The predicted molar refractivity (Wildman–Crippen MR) is 84.5 cm³/mol. The Morgan fingerprint density at radius 1 is 1.40 bits per heavy atom. The van der Waals surface area contributed by atoms with Crippen molar-refractivity contribution in [1.82, 2.24) is 10.2 Å². The molecule has 0 radical (unpaired) electrons. The molecule has 0 heterocycles. The van der Waals surface area contributed by atoms with Crippen LogP contribution in [0.3, 0.4) is 0 Å². The minimum atomic E-state index is -0.614. The summed E-state index contributed by atoms with van der Waals surface area (Å²) >= 11 is 3.43. The van der Waals surface area contributed by atoms with Crippen LogP contribution in [0, 0.1) is 0 Å². The van der Waals surface area contributed by atoms with E-state index in [-0.39, 0.29) is 11.9 Å². The van der Waals surface area contributed by atoms with Gasteiger partial charge in [0.2, 0.25) is 5.91 Å². The fraction of sp³-hybridized carbons (Fsp3) is 0.533. The predicted octanol–water partition coefficient (Wildman–Crippen LogP) is 2.33. The SMILES string of the molecule is CCN(CC(=O)NC(C)C)CC(O)c1ccccc1Br. The van der Waals surface area contributed by atoms with E-state index in [2.05, 4.69) is 21.2 Å². The van der Waals surface area contributed by atoms with Crippen molar-refractivity contribution in [2.75, 3.05) is 19.6 Å². The van der Waals surface area contributed by atoms with Crippen molar-refractivity contribution in [2.45, 2.75) is 32.9 Å². The van der Waals surface area contributed by atoms with Crippen LogP contribution < -0.4 is 5.32 Å². The van der Waals surface area contributed by atoms with Crippen molar-refractivity contribution in [3.8, 4) is 0 Å². The molecule has 4 nitrogen and oxygen atoms in total. The maximum absolute atomic E-state index is 11.8. The van der Waals surface area contributed by atoms with Gasteiger partial charge in [0, 0.05) is 17.1 Å². The molecule has 1 aromatic rings. The number of carbonyl (C=O) groups is 1. The smallest absolute Gasteiger partial charge is 0.234 e. The van der Waals surface area contributed by atoms with Gasteiger partial charge in [-0.15, -0.1) is 0 Å². The molecule has 0 fully saturated rings. The topological polar surface area (TPSA) is 52.6 Å². The molecule has 1 rings (SSSR count). The molecule has 20 heavy (non-hydrogen) atoms. The number of amides is 1. The lowest BCUT2D eigenvalue weighted by Gasteiger charge is -2.24. The van der Waals surface area contributed by atoms with Gasteiger partial charge in [-0.2, -0.15) is 0 Å². The highest BCUT2D eigenvalue weighted by Gasteiger charge is 2.17. The molecular formula is C15H23BrN2O2. The van der Waals surface area contributed by atoms with E-state index in [4.69, 9.17) is 0 Å². The molecule has 0 bridgehead atoms. The van der Waals surface area contributed by atoms with Crippen molar-refractivity contribution in [3.63, 3.8) is 0 Å². The number of rotatable bonds is 7. The van der Waals surface area contributed by atoms with E-state index < -0.39 is 6.10 Å². The number of aliphatic hydroxyl groups excluding tert-OH is 1. The van der Waals surface area contributed by atoms with Crippen LogP contribution in [0.25, 0.3) is 0 Å². The van der Waals surface area contributed by atoms with E-state index in [9.17, 15) is 9.90 Å². The average molecular weight is 343 g/mol. The minimum absolute atomic E-state index is 0.0128. The number of halogens is 1. The first-order valence-electron chi connectivity index (χ1n) is 6.88. The van der Waals surface area contributed by atoms with Gasteiger partial charge in [0.1, 0.15) is 0 Å². The molecule has 0 saturated carbocycles. The molecule has 2 N–H and O–H groups in total. The van der Waals surface area contributed by atoms with Gasteiger partial charge in [-0.3, -0.25) is 9.69 Å². The first-order valence-corrected chi connectivity index (χ1v) is 7.67. The Labute approximate surface area is 129 Å². The van der Waals surface area contributed by atoms with Crippen LogP contribution in [0.15, 0.2) is 28.7 Å². The molecule has 1 aromatic carbocycles. The number of nitrogens with one attached hydrogen (secondary N) is 1. The van der Waals surface area contributed by atoms with Crippen molar-refractivity contribution >= 4 is 21.8 Å². The highest BCUT2D eigenvalue weighted by molar-refractivity contribution is 9.10. The highest BCUT2D eigenvalue weighted by Crippen LogP contribution is 2.23. The number of nitrogens with zero attached hydrogens (tertiary/aromatic N) is 1. The number of aliphatic hydroxyl groups is 1. The van der Waals surface area contributed by atoms with Crippen molar-refractivity contribution in [1.29, 1.82) is 0 Å². The Bertz CT molecular complexity index is 438. The normalized spacial score (nSPS) is 12.8. The Kier molecular flexibility index (Phi) is 7.19. The summed E-state index contributed by atoms with van der Waals surface area (Å²) in [6, 6.07) is 7.73. The van der Waals surface area contributed by atoms with Gasteiger partial charge in [0.05, 0.1) is 12.6 Å². The van der Waals surface area contributed by atoms with Gasteiger partial charge in [0.15, 0.2) is 0 Å². The second-order valence-corrected chi connectivity index (χ2v) is 5.94. The number of benzene rings is 1. The van der Waals surface area contributed by atoms with Crippen LogP contribution in [0.4, 0.5) is 0 Å². The zero-order chi connectivity index (χ0) is 15.1. The molecule has 0 aliphatic rings. The van der Waals surface area contributed by atoms with Gasteiger partial charge in [0.25, 0.3) is 0 Å². The largest absolute Gasteiger partial charge is 0.387 e. The summed E-state index contributed by atoms with van der Waals surface area (Å²) in [5, 5.41) is 13.2. The summed E-state index contributed by atoms with van der Waals surface area (Å²) in [6.45, 7) is 7.30. The number of likely N-dealkylation sites (N-methyl/N-ethyl adjacent to an activating group) is 1. The summed E-state index contributed by atoms with van der Waals surface area (Å²) in [5.74, 6) is -0.0128. The van der Waals surface area contributed by atoms with E-state index in [0.29, 0.717) is 19.6 Å². The van der Waals surface area contributed by atoms with Gasteiger partial charge >= 0.3 is 0 Å². The van der Waals surface area contributed by atoms with Crippen molar-refractivity contribution in [3.05, 3.63) is 34.3 Å². The first kappa shape index (κ1) is 17.1. The van der Waals surface area contributed by atoms with Crippen LogP contribution in [0.1, 0.15) is 32.4 Å². The summed E-state index contributed by atoms with van der Waals surface area (Å²) in [7, 11) is 0. The second kappa shape index (κ2) is 8.39. The van der Waals surface area contributed by atoms with Crippen LogP contribution in [-0.4, -0.2) is 41.6 Å². The molecule has 112 valence electrons. The van der Waals surface area contributed by atoms with Gasteiger partial charge < -0.3 is 10.4 Å². The Morgan fingerprint density at radius 3 is 2.60 bits per heavy atom. The zero-order valence-corrected chi connectivity index (χ0v) is 13.9.